The summed E-state index contributed by atoms with van der Waals surface area (Å²) in [5.41, 5.74) is 0.514. The van der Waals surface area contributed by atoms with E-state index < -0.39 is 30.2 Å². The van der Waals surface area contributed by atoms with Gasteiger partial charge < -0.3 is 20.3 Å². The molecule has 0 saturated carbocycles. The molecule has 0 radical (unpaired) electrons. The molecule has 0 aromatic carbocycles. The number of H-pyrrole nitrogens is 1. The van der Waals surface area contributed by atoms with Crippen LogP contribution in [-0.4, -0.2) is 57.7 Å². The molecule has 1 atom stereocenters. The first-order valence-electron chi connectivity index (χ1n) is 6.40. The van der Waals surface area contributed by atoms with Gasteiger partial charge in [0, 0.05) is 24.8 Å². The number of nitrogens with zero attached hydrogens (tertiary/aromatic N) is 1. The Balaban J connectivity index is 2.23. The van der Waals surface area contributed by atoms with E-state index in [2.05, 4.69) is 10.3 Å². The van der Waals surface area contributed by atoms with Crippen LogP contribution in [0.4, 0.5) is 0 Å². The van der Waals surface area contributed by atoms with Crippen LogP contribution in [0, 0.1) is 0 Å². The van der Waals surface area contributed by atoms with Crippen molar-refractivity contribution in [2.24, 2.45) is 0 Å². The number of piperazine rings is 1. The zero-order valence-electron chi connectivity index (χ0n) is 11.4. The summed E-state index contributed by atoms with van der Waals surface area (Å²) < 4.78 is 0. The van der Waals surface area contributed by atoms with E-state index in [1.807, 2.05) is 0 Å². The van der Waals surface area contributed by atoms with E-state index in [4.69, 9.17) is 5.11 Å². The van der Waals surface area contributed by atoms with Gasteiger partial charge in [0.15, 0.2) is 5.78 Å². The van der Waals surface area contributed by atoms with Crippen molar-refractivity contribution >= 4 is 23.6 Å². The van der Waals surface area contributed by atoms with Crippen LogP contribution in [0.1, 0.15) is 34.2 Å². The third kappa shape index (κ3) is 3.10. The first-order valence-corrected chi connectivity index (χ1v) is 6.40. The number of aromatic nitrogens is 1. The molecule has 1 aromatic heterocycles. The van der Waals surface area contributed by atoms with Crippen LogP contribution >= 0.6 is 0 Å². The Hall–Kier alpha value is -2.64. The van der Waals surface area contributed by atoms with Gasteiger partial charge in [0.1, 0.15) is 11.7 Å². The van der Waals surface area contributed by atoms with Crippen molar-refractivity contribution < 1.29 is 24.3 Å². The van der Waals surface area contributed by atoms with Gasteiger partial charge in [0.25, 0.3) is 5.91 Å². The second-order valence-electron chi connectivity index (χ2n) is 4.76. The first-order chi connectivity index (χ1) is 9.90. The number of carboxylic acids is 1. The van der Waals surface area contributed by atoms with Crippen LogP contribution in [0.15, 0.2) is 12.3 Å². The molecule has 1 aliphatic rings. The molecule has 1 fully saturated rings. The number of ketones is 1. The summed E-state index contributed by atoms with van der Waals surface area (Å²) in [5.74, 6) is -2.34. The van der Waals surface area contributed by atoms with E-state index in [0.29, 0.717) is 5.56 Å². The van der Waals surface area contributed by atoms with Crippen molar-refractivity contribution in [1.82, 2.24) is 15.2 Å². The van der Waals surface area contributed by atoms with Crippen LogP contribution in [0.5, 0.6) is 0 Å². The van der Waals surface area contributed by atoms with Gasteiger partial charge in [-0.05, 0) is 13.0 Å². The SMILES string of the molecule is CC(=O)c1c[nH]c(C(=O)N2CCNC(=O)C2CC(=O)O)c1. The number of hydrogen-bond acceptors (Lipinski definition) is 4. The first kappa shape index (κ1) is 14.8. The normalized spacial score (nSPS) is 18.2. The fourth-order valence-electron chi connectivity index (χ4n) is 2.20. The van der Waals surface area contributed by atoms with Crippen molar-refractivity contribution in [1.29, 1.82) is 0 Å². The maximum atomic E-state index is 12.4. The van der Waals surface area contributed by atoms with Crippen LogP contribution in [0.25, 0.3) is 0 Å². The van der Waals surface area contributed by atoms with Crippen LogP contribution in [0.2, 0.25) is 0 Å². The quantitative estimate of drug-likeness (QED) is 0.654. The van der Waals surface area contributed by atoms with Crippen molar-refractivity contribution in [3.8, 4) is 0 Å². The van der Waals surface area contributed by atoms with E-state index in [9.17, 15) is 19.2 Å². The largest absolute Gasteiger partial charge is 0.481 e. The van der Waals surface area contributed by atoms with E-state index in [1.165, 1.54) is 24.1 Å². The molecule has 21 heavy (non-hydrogen) atoms. The highest BCUT2D eigenvalue weighted by atomic mass is 16.4. The van der Waals surface area contributed by atoms with Crippen LogP contribution in [0.3, 0.4) is 0 Å². The fourth-order valence-corrected chi connectivity index (χ4v) is 2.20. The Morgan fingerprint density at radius 3 is 2.71 bits per heavy atom. The topological polar surface area (TPSA) is 120 Å². The van der Waals surface area contributed by atoms with Gasteiger partial charge >= 0.3 is 5.97 Å². The van der Waals surface area contributed by atoms with E-state index in [1.54, 1.807) is 0 Å². The van der Waals surface area contributed by atoms with E-state index in [0.717, 1.165) is 0 Å². The Bertz CT molecular complexity index is 607. The van der Waals surface area contributed by atoms with Gasteiger partial charge in [-0.25, -0.2) is 0 Å². The fraction of sp³-hybridized carbons (Fsp3) is 0.385. The summed E-state index contributed by atoms with van der Waals surface area (Å²) in [4.78, 5) is 50.1. The lowest BCUT2D eigenvalue weighted by atomic mass is 10.1. The number of carbonyl (C=O) groups is 4. The number of rotatable bonds is 4. The summed E-state index contributed by atoms with van der Waals surface area (Å²) in [6.07, 6.45) is 0.948. The average molecular weight is 293 g/mol. The summed E-state index contributed by atoms with van der Waals surface area (Å²) in [5, 5.41) is 11.4. The number of aromatic amines is 1. The molecule has 112 valence electrons. The number of aliphatic carboxylic acids is 1. The molecule has 2 amide bonds. The van der Waals surface area contributed by atoms with Crippen molar-refractivity contribution in [2.45, 2.75) is 19.4 Å². The lowest BCUT2D eigenvalue weighted by molar-refractivity contribution is -0.142. The Morgan fingerprint density at radius 2 is 2.14 bits per heavy atom. The predicted molar refractivity (Wildman–Crippen MR) is 70.9 cm³/mol. The molecule has 1 aromatic rings. The molecule has 8 heteroatoms. The molecular formula is C13H15N3O5. The maximum Gasteiger partial charge on any atom is 0.305 e. The predicted octanol–water partition coefficient (Wildman–Crippen LogP) is -0.367. The number of carbonyl (C=O) groups excluding carboxylic acids is 3. The monoisotopic (exact) mass is 293 g/mol. The minimum absolute atomic E-state index is 0.158. The summed E-state index contributed by atoms with van der Waals surface area (Å²) >= 11 is 0. The molecule has 0 bridgehead atoms. The second kappa shape index (κ2) is 5.78. The molecule has 1 unspecified atom stereocenters. The van der Waals surface area contributed by atoms with Crippen molar-refractivity contribution in [3.63, 3.8) is 0 Å². The van der Waals surface area contributed by atoms with Gasteiger partial charge in [-0.3, -0.25) is 19.2 Å². The summed E-state index contributed by atoms with van der Waals surface area (Å²) in [6.45, 7) is 1.86. The molecule has 1 aliphatic heterocycles. The van der Waals surface area contributed by atoms with E-state index >= 15 is 0 Å². The highest BCUT2D eigenvalue weighted by molar-refractivity contribution is 6.01. The highest BCUT2D eigenvalue weighted by Gasteiger charge is 2.35. The Morgan fingerprint density at radius 1 is 1.43 bits per heavy atom. The van der Waals surface area contributed by atoms with Crippen LogP contribution in [-0.2, 0) is 9.59 Å². The average Bonchev–Trinajstić information content (AvgIpc) is 2.89. The number of hydrogen-bond donors (Lipinski definition) is 3. The zero-order valence-corrected chi connectivity index (χ0v) is 11.4. The Kier molecular flexibility index (Phi) is 4.06. The van der Waals surface area contributed by atoms with Gasteiger partial charge in [-0.15, -0.1) is 0 Å². The smallest absolute Gasteiger partial charge is 0.305 e. The standard InChI is InChI=1S/C13H15N3O5/c1-7(17)8-4-9(15-6-8)13(21)16-3-2-14-12(20)10(16)5-11(18)19/h4,6,10,15H,2-3,5H2,1H3,(H,14,20)(H,18,19). The zero-order chi connectivity index (χ0) is 15.6. The second-order valence-corrected chi connectivity index (χ2v) is 4.76. The number of Topliss-reactive ketones (excluding diaryl/α,β-unsaturated/α-hetero) is 1. The van der Waals surface area contributed by atoms with Crippen molar-refractivity contribution in [2.75, 3.05) is 13.1 Å². The maximum absolute atomic E-state index is 12.4. The lowest BCUT2D eigenvalue weighted by Gasteiger charge is -2.33. The van der Waals surface area contributed by atoms with Crippen LogP contribution < -0.4 is 5.32 Å². The molecule has 0 spiro atoms. The molecule has 1 saturated heterocycles. The molecule has 8 nitrogen and oxygen atoms in total. The minimum atomic E-state index is -1.16. The molecule has 0 aliphatic carbocycles. The Labute approximate surface area is 120 Å². The van der Waals surface area contributed by atoms with Gasteiger partial charge in [-0.2, -0.15) is 0 Å². The molecule has 2 heterocycles. The molecule has 2 rings (SSSR count). The van der Waals surface area contributed by atoms with Gasteiger partial charge in [0.2, 0.25) is 5.91 Å². The number of nitrogens with one attached hydrogen (secondary N) is 2. The third-order valence-electron chi connectivity index (χ3n) is 3.28. The molecular weight excluding hydrogens is 278 g/mol. The number of amides is 2. The lowest BCUT2D eigenvalue weighted by Crippen LogP contribution is -2.57. The van der Waals surface area contributed by atoms with Gasteiger partial charge in [0.05, 0.1) is 6.42 Å². The van der Waals surface area contributed by atoms with Crippen molar-refractivity contribution in [3.05, 3.63) is 23.5 Å². The third-order valence-corrected chi connectivity index (χ3v) is 3.28. The summed E-state index contributed by atoms with van der Waals surface area (Å²) in [7, 11) is 0. The van der Waals surface area contributed by atoms with E-state index in [-0.39, 0.29) is 24.6 Å². The summed E-state index contributed by atoms with van der Waals surface area (Å²) in [6, 6.07) is 0.350. The van der Waals surface area contributed by atoms with Gasteiger partial charge in [-0.1, -0.05) is 0 Å². The molecule has 3 N–H and O–H groups in total. The number of carboxylic acid groups (broad SMARTS) is 1. The highest BCUT2D eigenvalue weighted by Crippen LogP contribution is 2.14. The minimum Gasteiger partial charge on any atom is -0.481 e.